The van der Waals surface area contributed by atoms with Crippen LogP contribution in [0.4, 0.5) is 0 Å². The molecule has 0 spiro atoms. The number of unbranched alkanes of at least 4 members (excludes halogenated alkanes) is 1. The van der Waals surface area contributed by atoms with Crippen molar-refractivity contribution in [3.8, 4) is 0 Å². The molecule has 0 aliphatic carbocycles. The first-order valence-corrected chi connectivity index (χ1v) is 5.64. The second-order valence-electron chi connectivity index (χ2n) is 3.87. The van der Waals surface area contributed by atoms with Crippen LogP contribution in [0.25, 0.3) is 0 Å². The monoisotopic (exact) mass is 242 g/mol. The molecule has 0 radical (unpaired) electrons. The lowest BCUT2D eigenvalue weighted by Crippen LogP contribution is -2.24. The fourth-order valence-corrected chi connectivity index (χ4v) is 1.75. The zero-order valence-electron chi connectivity index (χ0n) is 10.2. The van der Waals surface area contributed by atoms with Crippen LogP contribution in [0.15, 0.2) is 5.10 Å². The molecule has 0 saturated heterocycles. The van der Waals surface area contributed by atoms with E-state index in [0.29, 0.717) is 18.7 Å². The minimum Gasteiger partial charge on any atom is -0.469 e. The molecule has 17 heavy (non-hydrogen) atoms. The van der Waals surface area contributed by atoms with Crippen LogP contribution in [0.1, 0.15) is 25.7 Å². The normalized spacial score (nSPS) is 18.2. The molecule has 1 aliphatic heterocycles. The van der Waals surface area contributed by atoms with E-state index in [1.165, 1.54) is 14.2 Å². The summed E-state index contributed by atoms with van der Waals surface area (Å²) in [5.41, 5.74) is 3.24. The minimum absolute atomic E-state index is 0.0834. The number of rotatable bonds is 6. The van der Waals surface area contributed by atoms with E-state index in [0.717, 1.165) is 19.3 Å². The van der Waals surface area contributed by atoms with Crippen molar-refractivity contribution < 1.29 is 19.1 Å². The van der Waals surface area contributed by atoms with Gasteiger partial charge in [-0.1, -0.05) is 6.42 Å². The van der Waals surface area contributed by atoms with Gasteiger partial charge in [-0.05, 0) is 12.8 Å². The Bertz CT molecular complexity index is 315. The topological polar surface area (TPSA) is 77.0 Å². The third-order valence-corrected chi connectivity index (χ3v) is 2.73. The zero-order valence-corrected chi connectivity index (χ0v) is 10.2. The smallest absolute Gasteiger partial charge is 0.354 e. The standard InChI is InChI=1S/C11H18N2O4/c1-16-9(14)6-4-3-5-8-7-12-13-10(8)11(15)17-2/h8,12H,3-7H2,1-2H3. The number of methoxy groups -OCH3 is 2. The Morgan fingerprint density at radius 2 is 2.12 bits per heavy atom. The van der Waals surface area contributed by atoms with Crippen molar-refractivity contribution >= 4 is 17.7 Å². The maximum atomic E-state index is 11.3. The highest BCUT2D eigenvalue weighted by Gasteiger charge is 2.27. The third-order valence-electron chi connectivity index (χ3n) is 2.73. The van der Waals surface area contributed by atoms with E-state index in [1.54, 1.807) is 0 Å². The van der Waals surface area contributed by atoms with Gasteiger partial charge in [0.15, 0.2) is 0 Å². The van der Waals surface area contributed by atoms with Crippen LogP contribution in [0, 0.1) is 5.92 Å². The highest BCUT2D eigenvalue weighted by molar-refractivity contribution is 6.37. The molecule has 0 fully saturated rings. The van der Waals surface area contributed by atoms with E-state index >= 15 is 0 Å². The molecule has 96 valence electrons. The van der Waals surface area contributed by atoms with Crippen molar-refractivity contribution in [2.75, 3.05) is 20.8 Å². The van der Waals surface area contributed by atoms with Crippen molar-refractivity contribution in [2.24, 2.45) is 11.0 Å². The van der Waals surface area contributed by atoms with Crippen LogP contribution >= 0.6 is 0 Å². The quantitative estimate of drug-likeness (QED) is 0.541. The molecule has 6 heteroatoms. The molecule has 1 rings (SSSR count). The first-order chi connectivity index (χ1) is 8.19. The summed E-state index contributed by atoms with van der Waals surface area (Å²) in [5, 5.41) is 3.92. The lowest BCUT2D eigenvalue weighted by molar-refractivity contribution is -0.140. The number of ether oxygens (including phenoxy) is 2. The first-order valence-electron chi connectivity index (χ1n) is 5.64. The molecule has 0 amide bonds. The summed E-state index contributed by atoms with van der Waals surface area (Å²) in [6.07, 6.45) is 2.86. The fraction of sp³-hybridized carbons (Fsp3) is 0.727. The average molecular weight is 242 g/mol. The van der Waals surface area contributed by atoms with E-state index in [2.05, 4.69) is 20.0 Å². The van der Waals surface area contributed by atoms with Crippen molar-refractivity contribution in [3.63, 3.8) is 0 Å². The van der Waals surface area contributed by atoms with E-state index in [9.17, 15) is 9.59 Å². The lowest BCUT2D eigenvalue weighted by Gasteiger charge is -2.09. The Morgan fingerprint density at radius 1 is 1.35 bits per heavy atom. The molecular formula is C11H18N2O4. The molecule has 6 nitrogen and oxygen atoms in total. The Morgan fingerprint density at radius 3 is 2.76 bits per heavy atom. The summed E-state index contributed by atoms with van der Waals surface area (Å²) in [5.74, 6) is -0.496. The molecule has 1 N–H and O–H groups in total. The number of hydrogen-bond donors (Lipinski definition) is 1. The van der Waals surface area contributed by atoms with Gasteiger partial charge in [0.25, 0.3) is 0 Å². The lowest BCUT2D eigenvalue weighted by atomic mass is 9.97. The molecule has 1 aliphatic rings. The van der Waals surface area contributed by atoms with Gasteiger partial charge < -0.3 is 14.9 Å². The number of carbonyl (C=O) groups is 2. The van der Waals surface area contributed by atoms with Crippen molar-refractivity contribution in [1.82, 2.24) is 5.43 Å². The average Bonchev–Trinajstić information content (AvgIpc) is 2.81. The second kappa shape index (κ2) is 6.88. The van der Waals surface area contributed by atoms with Crippen LogP contribution < -0.4 is 5.43 Å². The predicted octanol–water partition coefficient (Wildman–Crippen LogP) is 0.468. The zero-order chi connectivity index (χ0) is 12.7. The summed E-state index contributed by atoms with van der Waals surface area (Å²) in [4.78, 5) is 22.2. The number of hydrazone groups is 1. The molecular weight excluding hydrogens is 224 g/mol. The first kappa shape index (κ1) is 13.5. The highest BCUT2D eigenvalue weighted by atomic mass is 16.5. The minimum atomic E-state index is -0.382. The number of carbonyl (C=O) groups excluding carboxylic acids is 2. The molecule has 0 saturated carbocycles. The van der Waals surface area contributed by atoms with E-state index in [-0.39, 0.29) is 17.9 Å². The number of hydrogen-bond acceptors (Lipinski definition) is 6. The van der Waals surface area contributed by atoms with E-state index in [4.69, 9.17) is 0 Å². The second-order valence-corrected chi connectivity index (χ2v) is 3.87. The van der Waals surface area contributed by atoms with Crippen LogP contribution in [0.2, 0.25) is 0 Å². The summed E-state index contributed by atoms with van der Waals surface area (Å²) in [6, 6.07) is 0. The van der Waals surface area contributed by atoms with Gasteiger partial charge in [-0.25, -0.2) is 4.79 Å². The van der Waals surface area contributed by atoms with E-state index < -0.39 is 0 Å². The molecule has 0 aromatic heterocycles. The van der Waals surface area contributed by atoms with Crippen LogP contribution in [-0.2, 0) is 19.1 Å². The van der Waals surface area contributed by atoms with Gasteiger partial charge in [-0.3, -0.25) is 4.79 Å². The van der Waals surface area contributed by atoms with Gasteiger partial charge in [0.1, 0.15) is 5.71 Å². The number of esters is 2. The van der Waals surface area contributed by atoms with Gasteiger partial charge in [0.05, 0.1) is 14.2 Å². The highest BCUT2D eigenvalue weighted by Crippen LogP contribution is 2.15. The maximum absolute atomic E-state index is 11.3. The Kier molecular flexibility index (Phi) is 5.45. The fourth-order valence-electron chi connectivity index (χ4n) is 1.75. The summed E-state index contributed by atoms with van der Waals surface area (Å²) in [7, 11) is 2.72. The van der Waals surface area contributed by atoms with Gasteiger partial charge in [-0.15, -0.1) is 0 Å². The maximum Gasteiger partial charge on any atom is 0.354 e. The largest absolute Gasteiger partial charge is 0.469 e. The predicted molar refractivity (Wildman–Crippen MR) is 61.4 cm³/mol. The van der Waals surface area contributed by atoms with Crippen LogP contribution in [0.5, 0.6) is 0 Å². The molecule has 1 atom stereocenters. The third kappa shape index (κ3) is 4.05. The van der Waals surface area contributed by atoms with Crippen molar-refractivity contribution in [1.29, 1.82) is 0 Å². The van der Waals surface area contributed by atoms with Crippen molar-refractivity contribution in [3.05, 3.63) is 0 Å². The molecule has 1 heterocycles. The molecule has 0 aromatic carbocycles. The van der Waals surface area contributed by atoms with Crippen molar-refractivity contribution in [2.45, 2.75) is 25.7 Å². The van der Waals surface area contributed by atoms with Crippen LogP contribution in [0.3, 0.4) is 0 Å². The Labute approximate surface area is 100 Å². The summed E-state index contributed by atoms with van der Waals surface area (Å²) in [6.45, 7) is 0.655. The number of nitrogens with one attached hydrogen (secondary N) is 1. The SMILES string of the molecule is COC(=O)CCCCC1CNN=C1C(=O)OC. The van der Waals surface area contributed by atoms with E-state index in [1.807, 2.05) is 0 Å². The molecule has 0 bridgehead atoms. The molecule has 0 aromatic rings. The van der Waals surface area contributed by atoms with Gasteiger partial charge >= 0.3 is 11.9 Å². The summed E-state index contributed by atoms with van der Waals surface area (Å²) < 4.78 is 9.19. The molecule has 1 unspecified atom stereocenters. The summed E-state index contributed by atoms with van der Waals surface area (Å²) >= 11 is 0. The van der Waals surface area contributed by atoms with Gasteiger partial charge in [-0.2, -0.15) is 5.10 Å². The van der Waals surface area contributed by atoms with Gasteiger partial charge in [0, 0.05) is 18.9 Å². The van der Waals surface area contributed by atoms with Crippen LogP contribution in [-0.4, -0.2) is 38.4 Å². The number of nitrogens with zero attached hydrogens (tertiary/aromatic N) is 1. The Balaban J connectivity index is 2.25. The van der Waals surface area contributed by atoms with Gasteiger partial charge in [0.2, 0.25) is 0 Å². The Hall–Kier alpha value is -1.59.